The quantitative estimate of drug-likeness (QED) is 0.833. The third kappa shape index (κ3) is 2.49. The van der Waals surface area contributed by atoms with Gasteiger partial charge >= 0.3 is 0 Å². The van der Waals surface area contributed by atoms with Crippen LogP contribution in [0.3, 0.4) is 0 Å². The molecule has 3 heterocycles. The minimum absolute atomic E-state index is 0.00595. The predicted molar refractivity (Wildman–Crippen MR) is 95.2 cm³/mol. The van der Waals surface area contributed by atoms with E-state index in [4.69, 9.17) is 4.42 Å². The molecule has 1 unspecified atom stereocenters. The van der Waals surface area contributed by atoms with Crippen LogP contribution >= 0.6 is 0 Å². The normalized spacial score (nSPS) is 25.5. The molecule has 2 saturated heterocycles. The van der Waals surface area contributed by atoms with Crippen LogP contribution in [0.15, 0.2) is 4.42 Å². The zero-order valence-electron chi connectivity index (χ0n) is 15.6. The van der Waals surface area contributed by atoms with Crippen LogP contribution in [-0.2, 0) is 11.2 Å². The average molecular weight is 358 g/mol. The van der Waals surface area contributed by atoms with Crippen LogP contribution in [-0.4, -0.2) is 53.6 Å². The van der Waals surface area contributed by atoms with Crippen molar-refractivity contribution in [1.29, 1.82) is 0 Å². The molecule has 0 aromatic carbocycles. The summed E-state index contributed by atoms with van der Waals surface area (Å²) in [5, 5.41) is 0. The molecule has 1 atom stereocenters. The van der Waals surface area contributed by atoms with Crippen molar-refractivity contribution in [3.8, 4) is 0 Å². The zero-order chi connectivity index (χ0) is 18.5. The minimum Gasteiger partial charge on any atom is -0.465 e. The number of carbonyl (C=O) groups excluding carboxylic acids is 3. The van der Waals surface area contributed by atoms with Crippen LogP contribution < -0.4 is 0 Å². The molecule has 0 N–H and O–H groups in total. The van der Waals surface area contributed by atoms with Gasteiger partial charge in [0.25, 0.3) is 5.91 Å². The monoisotopic (exact) mass is 358 g/mol. The first-order chi connectivity index (χ1) is 12.5. The molecule has 140 valence electrons. The van der Waals surface area contributed by atoms with Gasteiger partial charge in [0.15, 0.2) is 5.78 Å². The maximum absolute atomic E-state index is 13.2. The lowest BCUT2D eigenvalue weighted by Gasteiger charge is -2.23. The maximum atomic E-state index is 13.2. The van der Waals surface area contributed by atoms with Gasteiger partial charge in [-0.2, -0.15) is 0 Å². The van der Waals surface area contributed by atoms with Gasteiger partial charge < -0.3 is 14.2 Å². The van der Waals surface area contributed by atoms with Gasteiger partial charge in [-0.15, -0.1) is 0 Å². The summed E-state index contributed by atoms with van der Waals surface area (Å²) in [5.41, 5.74) is 0.495. The Morgan fingerprint density at radius 3 is 2.73 bits per heavy atom. The summed E-state index contributed by atoms with van der Waals surface area (Å²) in [5.74, 6) is 1.23. The fourth-order valence-electron chi connectivity index (χ4n) is 4.82. The molecule has 1 aromatic heterocycles. The number of hydrogen-bond acceptors (Lipinski definition) is 4. The first kappa shape index (κ1) is 17.3. The van der Waals surface area contributed by atoms with Crippen LogP contribution in [0.5, 0.6) is 0 Å². The first-order valence-corrected chi connectivity index (χ1v) is 9.71. The molecule has 1 spiro atoms. The highest BCUT2D eigenvalue weighted by atomic mass is 16.3. The largest absolute Gasteiger partial charge is 0.465 e. The summed E-state index contributed by atoms with van der Waals surface area (Å²) in [7, 11) is 0. The number of amides is 2. The van der Waals surface area contributed by atoms with E-state index in [1.54, 1.807) is 11.8 Å². The molecular formula is C20H26N2O4. The van der Waals surface area contributed by atoms with Crippen LogP contribution in [0.2, 0.25) is 0 Å². The Morgan fingerprint density at radius 1 is 1.19 bits per heavy atom. The van der Waals surface area contributed by atoms with Gasteiger partial charge in [0.05, 0.1) is 16.5 Å². The molecule has 0 radical (unpaired) electrons. The second-order valence-corrected chi connectivity index (χ2v) is 7.91. The lowest BCUT2D eigenvalue weighted by molar-refractivity contribution is -0.135. The maximum Gasteiger partial charge on any atom is 0.258 e. The number of aryl methyl sites for hydroxylation is 2. The van der Waals surface area contributed by atoms with E-state index in [9.17, 15) is 14.4 Å². The minimum atomic E-state index is -0.424. The highest BCUT2D eigenvalue weighted by Crippen LogP contribution is 2.42. The van der Waals surface area contributed by atoms with Crippen LogP contribution in [0.25, 0.3) is 0 Å². The number of Topliss-reactive ketones (excluding diaryl/α,β-unsaturated/α-hetero) is 1. The van der Waals surface area contributed by atoms with Gasteiger partial charge in [-0.1, -0.05) is 6.92 Å². The Bertz CT molecular complexity index is 781. The van der Waals surface area contributed by atoms with Crippen molar-refractivity contribution in [1.82, 2.24) is 9.80 Å². The van der Waals surface area contributed by atoms with Gasteiger partial charge in [-0.05, 0) is 32.6 Å². The molecule has 4 rings (SSSR count). The standard InChI is InChI=1S/C20H26N2O4/c1-3-9-21-10-7-20(19(21)25)8-11-22(12-20)18(24)16-13(2)26-15-6-4-5-14(23)17(15)16/h3-12H2,1-2H3. The van der Waals surface area contributed by atoms with E-state index in [-0.39, 0.29) is 17.6 Å². The van der Waals surface area contributed by atoms with E-state index in [0.29, 0.717) is 55.0 Å². The van der Waals surface area contributed by atoms with E-state index < -0.39 is 5.41 Å². The van der Waals surface area contributed by atoms with Crippen molar-refractivity contribution in [2.24, 2.45) is 5.41 Å². The van der Waals surface area contributed by atoms with E-state index in [2.05, 4.69) is 6.92 Å². The van der Waals surface area contributed by atoms with E-state index in [1.165, 1.54) is 0 Å². The van der Waals surface area contributed by atoms with Crippen molar-refractivity contribution in [3.05, 3.63) is 22.6 Å². The Kier molecular flexibility index (Phi) is 4.16. The summed E-state index contributed by atoms with van der Waals surface area (Å²) in [6.07, 6.45) is 4.44. The lowest BCUT2D eigenvalue weighted by atomic mass is 9.85. The summed E-state index contributed by atoms with van der Waals surface area (Å²) in [6, 6.07) is 0. The van der Waals surface area contributed by atoms with Crippen molar-refractivity contribution in [2.45, 2.75) is 52.4 Å². The van der Waals surface area contributed by atoms with Crippen molar-refractivity contribution >= 4 is 17.6 Å². The molecule has 6 nitrogen and oxygen atoms in total. The van der Waals surface area contributed by atoms with Gasteiger partial charge in [0.1, 0.15) is 11.5 Å². The highest BCUT2D eigenvalue weighted by molar-refractivity contribution is 6.10. The smallest absolute Gasteiger partial charge is 0.258 e. The first-order valence-electron chi connectivity index (χ1n) is 9.71. The summed E-state index contributed by atoms with van der Waals surface area (Å²) in [6.45, 7) is 6.43. The molecule has 6 heteroatoms. The van der Waals surface area contributed by atoms with Crippen molar-refractivity contribution < 1.29 is 18.8 Å². The van der Waals surface area contributed by atoms with Gasteiger partial charge in [0.2, 0.25) is 5.91 Å². The van der Waals surface area contributed by atoms with E-state index in [1.807, 2.05) is 4.90 Å². The number of rotatable bonds is 3. The molecule has 3 aliphatic rings. The Hall–Kier alpha value is -2.11. The topological polar surface area (TPSA) is 70.8 Å². The molecule has 2 amide bonds. The molecule has 0 saturated carbocycles. The lowest BCUT2D eigenvalue weighted by Crippen LogP contribution is -2.38. The van der Waals surface area contributed by atoms with Crippen LogP contribution in [0, 0.1) is 12.3 Å². The highest BCUT2D eigenvalue weighted by Gasteiger charge is 2.51. The summed E-state index contributed by atoms with van der Waals surface area (Å²) in [4.78, 5) is 42.1. The molecule has 26 heavy (non-hydrogen) atoms. The van der Waals surface area contributed by atoms with E-state index in [0.717, 1.165) is 32.4 Å². The Morgan fingerprint density at radius 2 is 1.96 bits per heavy atom. The number of fused-ring (bicyclic) bond motifs is 1. The van der Waals surface area contributed by atoms with Gasteiger partial charge in [-0.3, -0.25) is 14.4 Å². The van der Waals surface area contributed by atoms with E-state index >= 15 is 0 Å². The molecule has 2 fully saturated rings. The second-order valence-electron chi connectivity index (χ2n) is 7.91. The number of furan rings is 1. The number of carbonyl (C=O) groups is 3. The number of likely N-dealkylation sites (tertiary alicyclic amines) is 2. The Balaban J connectivity index is 1.57. The van der Waals surface area contributed by atoms with Crippen LogP contribution in [0.1, 0.15) is 71.3 Å². The van der Waals surface area contributed by atoms with Crippen LogP contribution in [0.4, 0.5) is 0 Å². The fourth-order valence-corrected chi connectivity index (χ4v) is 4.82. The number of nitrogens with zero attached hydrogens (tertiary/aromatic N) is 2. The molecule has 1 aromatic rings. The predicted octanol–water partition coefficient (Wildman–Crippen LogP) is 2.58. The SMILES string of the molecule is CCCN1CCC2(CCN(C(=O)c3c(C)oc4c3C(=O)CCC4)C2)C1=O. The summed E-state index contributed by atoms with van der Waals surface area (Å²) < 4.78 is 5.73. The fraction of sp³-hybridized carbons (Fsp3) is 0.650. The molecule has 1 aliphatic carbocycles. The third-order valence-electron chi connectivity index (χ3n) is 6.19. The van der Waals surface area contributed by atoms with Gasteiger partial charge in [0, 0.05) is 39.0 Å². The molecule has 2 aliphatic heterocycles. The van der Waals surface area contributed by atoms with Crippen molar-refractivity contribution in [3.63, 3.8) is 0 Å². The second kappa shape index (κ2) is 6.25. The Labute approximate surface area is 153 Å². The number of ketones is 1. The molecule has 0 bridgehead atoms. The zero-order valence-corrected chi connectivity index (χ0v) is 15.6. The third-order valence-corrected chi connectivity index (χ3v) is 6.19. The summed E-state index contributed by atoms with van der Waals surface area (Å²) >= 11 is 0. The van der Waals surface area contributed by atoms with Gasteiger partial charge in [-0.25, -0.2) is 0 Å². The number of hydrogen-bond donors (Lipinski definition) is 0. The molecular weight excluding hydrogens is 332 g/mol. The average Bonchev–Trinajstić information content (AvgIpc) is 3.28. The van der Waals surface area contributed by atoms with Crippen molar-refractivity contribution in [2.75, 3.05) is 26.2 Å².